The summed E-state index contributed by atoms with van der Waals surface area (Å²) in [5, 5.41) is 0.766. The Balaban J connectivity index is 2.41. The van der Waals surface area contributed by atoms with Gasteiger partial charge in [0.25, 0.3) is 0 Å². The van der Waals surface area contributed by atoms with Crippen LogP contribution in [0.2, 0.25) is 0 Å². The second-order valence-electron chi connectivity index (χ2n) is 3.57. The van der Waals surface area contributed by atoms with E-state index in [0.717, 1.165) is 17.2 Å². The number of thiazole rings is 1. The van der Waals surface area contributed by atoms with Crippen molar-refractivity contribution in [3.63, 3.8) is 0 Å². The minimum atomic E-state index is 0.766. The van der Waals surface area contributed by atoms with Crippen LogP contribution in [0.5, 0.6) is 0 Å². The number of anilines is 1. The highest BCUT2D eigenvalue weighted by Crippen LogP contribution is 2.25. The smallest absolute Gasteiger partial charge is 0.278 e. The topological polar surface area (TPSA) is 40.2 Å². The minimum absolute atomic E-state index is 0.766. The number of hydrogen-bond donors (Lipinski definition) is 1. The van der Waals surface area contributed by atoms with E-state index in [1.165, 1.54) is 16.0 Å². The molecule has 0 radical (unpaired) electrons. The second-order valence-corrected chi connectivity index (χ2v) is 4.83. The summed E-state index contributed by atoms with van der Waals surface area (Å²) in [6.45, 7) is 4.25. The van der Waals surface area contributed by atoms with E-state index in [4.69, 9.17) is 5.73 Å². The van der Waals surface area contributed by atoms with Crippen molar-refractivity contribution in [2.45, 2.75) is 20.3 Å². The Hall–Kier alpha value is -1.35. The Kier molecular flexibility index (Phi) is 2.73. The van der Waals surface area contributed by atoms with Crippen LogP contribution in [0.1, 0.15) is 17.4 Å². The van der Waals surface area contributed by atoms with Crippen LogP contribution in [0.3, 0.4) is 0 Å². The van der Waals surface area contributed by atoms with Gasteiger partial charge in [-0.25, -0.2) is 4.98 Å². The molecule has 0 aliphatic rings. The van der Waals surface area contributed by atoms with Crippen LogP contribution in [0.4, 0.5) is 5.13 Å². The maximum absolute atomic E-state index is 5.74. The number of aromatic nitrogens is 1. The maximum atomic E-state index is 5.74. The molecule has 0 amide bonds. The van der Waals surface area contributed by atoms with E-state index in [2.05, 4.69) is 43.1 Å². The summed E-state index contributed by atoms with van der Waals surface area (Å²) in [6, 6.07) is 8.61. The molecule has 0 aliphatic carbocycles. The molecule has 3 N–H and O–H groups in total. The number of nitrogens with one attached hydrogen (secondary N) is 1. The number of hydrogen-bond acceptors (Lipinski definition) is 2. The van der Waals surface area contributed by atoms with E-state index in [-0.39, 0.29) is 0 Å². The third kappa shape index (κ3) is 2.02. The largest absolute Gasteiger partial charge is 0.330 e. The quantitative estimate of drug-likeness (QED) is 0.828. The van der Waals surface area contributed by atoms with E-state index >= 15 is 0 Å². The summed E-state index contributed by atoms with van der Waals surface area (Å²) in [5.41, 5.74) is 9.44. The molecule has 0 saturated carbocycles. The van der Waals surface area contributed by atoms with E-state index < -0.39 is 0 Å². The van der Waals surface area contributed by atoms with Gasteiger partial charge in [0.2, 0.25) is 0 Å². The first-order valence-electron chi connectivity index (χ1n) is 5.08. The zero-order chi connectivity index (χ0) is 10.8. The fourth-order valence-electron chi connectivity index (χ4n) is 1.64. The first-order chi connectivity index (χ1) is 7.20. The van der Waals surface area contributed by atoms with Crippen molar-refractivity contribution in [3.8, 4) is 11.3 Å². The molecule has 0 aliphatic heterocycles. The van der Waals surface area contributed by atoms with Gasteiger partial charge in [0.1, 0.15) is 5.69 Å². The van der Waals surface area contributed by atoms with Crippen molar-refractivity contribution in [2.24, 2.45) is 0 Å². The second kappa shape index (κ2) is 4.03. The van der Waals surface area contributed by atoms with Crippen LogP contribution in [-0.4, -0.2) is 0 Å². The monoisotopic (exact) mass is 219 g/mol. The van der Waals surface area contributed by atoms with E-state index in [1.807, 2.05) is 0 Å². The van der Waals surface area contributed by atoms with Crippen molar-refractivity contribution in [3.05, 3.63) is 34.7 Å². The van der Waals surface area contributed by atoms with E-state index in [1.54, 1.807) is 11.3 Å². The van der Waals surface area contributed by atoms with Crippen LogP contribution < -0.4 is 10.7 Å². The molecule has 1 aromatic carbocycles. The molecule has 78 valence electrons. The Morgan fingerprint density at radius 3 is 2.40 bits per heavy atom. The van der Waals surface area contributed by atoms with Gasteiger partial charge < -0.3 is 0 Å². The molecule has 2 nitrogen and oxygen atoms in total. The molecule has 15 heavy (non-hydrogen) atoms. The third-order valence-electron chi connectivity index (χ3n) is 2.51. The van der Waals surface area contributed by atoms with Gasteiger partial charge in [0, 0.05) is 5.56 Å². The Bertz CT molecular complexity index is 457. The molecule has 0 unspecified atom stereocenters. The zero-order valence-corrected chi connectivity index (χ0v) is 9.82. The van der Waals surface area contributed by atoms with Crippen molar-refractivity contribution in [2.75, 3.05) is 5.73 Å². The average molecular weight is 219 g/mol. The summed E-state index contributed by atoms with van der Waals surface area (Å²) in [4.78, 5) is 4.43. The van der Waals surface area contributed by atoms with E-state index in [9.17, 15) is 0 Å². The molecule has 0 spiro atoms. The first kappa shape index (κ1) is 10.2. The Labute approximate surface area is 93.8 Å². The van der Waals surface area contributed by atoms with Gasteiger partial charge in [0.15, 0.2) is 0 Å². The molecule has 1 heterocycles. The Morgan fingerprint density at radius 2 is 1.93 bits per heavy atom. The fourth-order valence-corrected chi connectivity index (χ4v) is 2.39. The van der Waals surface area contributed by atoms with Crippen LogP contribution >= 0.6 is 11.3 Å². The molecule has 0 fully saturated rings. The number of aromatic amines is 1. The number of benzene rings is 1. The molecular formula is C12H15N2S+. The van der Waals surface area contributed by atoms with Crippen LogP contribution in [0, 0.1) is 6.92 Å². The van der Waals surface area contributed by atoms with Gasteiger partial charge in [-0.3, -0.25) is 5.73 Å². The summed E-state index contributed by atoms with van der Waals surface area (Å²) >= 11 is 1.60. The predicted octanol–water partition coefficient (Wildman–Crippen LogP) is 2.68. The Morgan fingerprint density at radius 1 is 1.27 bits per heavy atom. The van der Waals surface area contributed by atoms with Crippen LogP contribution in [0.25, 0.3) is 11.3 Å². The minimum Gasteiger partial charge on any atom is -0.278 e. The summed E-state index contributed by atoms with van der Waals surface area (Å²) in [5.74, 6) is 0. The van der Waals surface area contributed by atoms with Gasteiger partial charge >= 0.3 is 5.13 Å². The SMILES string of the molecule is CCc1ccc(-c2[nH+]c(N)sc2C)cc1. The van der Waals surface area contributed by atoms with Gasteiger partial charge in [-0.1, -0.05) is 42.5 Å². The van der Waals surface area contributed by atoms with Gasteiger partial charge in [-0.05, 0) is 18.9 Å². The van der Waals surface area contributed by atoms with Crippen molar-refractivity contribution < 1.29 is 4.98 Å². The van der Waals surface area contributed by atoms with Crippen molar-refractivity contribution in [1.29, 1.82) is 0 Å². The fraction of sp³-hybridized carbons (Fsp3) is 0.250. The normalized spacial score (nSPS) is 10.5. The third-order valence-corrected chi connectivity index (χ3v) is 3.35. The molecule has 3 heteroatoms. The summed E-state index contributed by atoms with van der Waals surface area (Å²) in [6.07, 6.45) is 1.08. The van der Waals surface area contributed by atoms with E-state index in [0.29, 0.717) is 0 Å². The lowest BCUT2D eigenvalue weighted by Gasteiger charge is -1.99. The highest BCUT2D eigenvalue weighted by molar-refractivity contribution is 7.15. The molecule has 0 saturated heterocycles. The maximum Gasteiger partial charge on any atom is 0.330 e. The molecule has 0 bridgehead atoms. The number of rotatable bonds is 2. The number of aryl methyl sites for hydroxylation is 2. The van der Waals surface area contributed by atoms with Crippen LogP contribution in [0.15, 0.2) is 24.3 Å². The predicted molar refractivity (Wildman–Crippen MR) is 64.8 cm³/mol. The standard InChI is InChI=1S/C12H14N2S/c1-3-9-4-6-10(7-5-9)11-8(2)15-12(13)14-11/h4-7H,3H2,1-2H3,(H2,13,14)/p+1. The lowest BCUT2D eigenvalue weighted by molar-refractivity contribution is -0.340. The van der Waals surface area contributed by atoms with Gasteiger partial charge in [-0.15, -0.1) is 0 Å². The van der Waals surface area contributed by atoms with Gasteiger partial charge in [0.05, 0.1) is 4.88 Å². The van der Waals surface area contributed by atoms with Gasteiger partial charge in [-0.2, -0.15) is 0 Å². The molecular weight excluding hydrogens is 204 g/mol. The van der Waals surface area contributed by atoms with Crippen molar-refractivity contribution in [1.82, 2.24) is 0 Å². The molecule has 2 aromatic rings. The number of nitrogens with two attached hydrogens (primary N) is 1. The van der Waals surface area contributed by atoms with Crippen LogP contribution in [-0.2, 0) is 6.42 Å². The zero-order valence-electron chi connectivity index (χ0n) is 9.00. The first-order valence-corrected chi connectivity index (χ1v) is 5.90. The number of nitrogen functional groups attached to an aromatic ring is 1. The lowest BCUT2D eigenvalue weighted by Crippen LogP contribution is -2.07. The average Bonchev–Trinajstić information content (AvgIpc) is 2.58. The molecule has 1 aromatic heterocycles. The molecule has 2 rings (SSSR count). The summed E-state index contributed by atoms with van der Waals surface area (Å²) < 4.78 is 0. The highest BCUT2D eigenvalue weighted by Gasteiger charge is 2.11. The molecule has 0 atom stereocenters. The summed E-state index contributed by atoms with van der Waals surface area (Å²) in [7, 11) is 0. The van der Waals surface area contributed by atoms with Crippen molar-refractivity contribution >= 4 is 16.5 Å². The highest BCUT2D eigenvalue weighted by atomic mass is 32.1. The number of H-pyrrole nitrogens is 1. The lowest BCUT2D eigenvalue weighted by atomic mass is 10.1.